The smallest absolute Gasteiger partial charge is 0.254 e. The Bertz CT molecular complexity index is 1000. The molecule has 0 bridgehead atoms. The first-order chi connectivity index (χ1) is 13.7. The molecule has 1 saturated heterocycles. The molecule has 1 fully saturated rings. The highest BCUT2D eigenvalue weighted by atomic mass is 16.5. The Morgan fingerprint density at radius 3 is 2.64 bits per heavy atom. The first-order valence-electron chi connectivity index (χ1n) is 9.17. The molecule has 0 saturated carbocycles. The predicted molar refractivity (Wildman–Crippen MR) is 106 cm³/mol. The van der Waals surface area contributed by atoms with Gasteiger partial charge in [-0.15, -0.1) is 0 Å². The fourth-order valence-corrected chi connectivity index (χ4v) is 3.44. The van der Waals surface area contributed by atoms with Crippen LogP contribution in [0, 0.1) is 0 Å². The molecule has 2 heterocycles. The van der Waals surface area contributed by atoms with Crippen LogP contribution in [0.2, 0.25) is 0 Å². The van der Waals surface area contributed by atoms with Crippen LogP contribution in [0.15, 0.2) is 54.7 Å². The number of morpholine rings is 1. The third-order valence-corrected chi connectivity index (χ3v) is 4.97. The molecule has 6 heteroatoms. The monoisotopic (exact) mass is 378 g/mol. The van der Waals surface area contributed by atoms with E-state index in [2.05, 4.69) is 11.1 Å². The van der Waals surface area contributed by atoms with Crippen LogP contribution in [-0.4, -0.2) is 49.7 Å². The van der Waals surface area contributed by atoms with E-state index >= 15 is 0 Å². The van der Waals surface area contributed by atoms with Crippen molar-refractivity contribution in [3.63, 3.8) is 0 Å². The summed E-state index contributed by atoms with van der Waals surface area (Å²) in [5.41, 5.74) is 1.40. The molecule has 6 nitrogen and oxygen atoms in total. The van der Waals surface area contributed by atoms with Crippen molar-refractivity contribution in [2.75, 3.05) is 33.9 Å². The second-order valence-corrected chi connectivity index (χ2v) is 6.64. The van der Waals surface area contributed by atoms with Crippen LogP contribution in [0.4, 0.5) is 0 Å². The molecule has 2 aromatic carbocycles. The summed E-state index contributed by atoms with van der Waals surface area (Å²) in [6.07, 6.45) is 1.60. The Balaban J connectivity index is 1.55. The first kappa shape index (κ1) is 18.3. The molecule has 1 atom stereocenters. The molecule has 0 aliphatic carbocycles. The zero-order valence-electron chi connectivity index (χ0n) is 15.9. The number of methoxy groups -OCH3 is 2. The molecule has 0 N–H and O–H groups in total. The zero-order chi connectivity index (χ0) is 19.5. The van der Waals surface area contributed by atoms with Crippen molar-refractivity contribution in [3.05, 3.63) is 66.0 Å². The van der Waals surface area contributed by atoms with Crippen LogP contribution in [0.3, 0.4) is 0 Å². The molecule has 1 aliphatic rings. The van der Waals surface area contributed by atoms with E-state index in [4.69, 9.17) is 14.2 Å². The van der Waals surface area contributed by atoms with Crippen LogP contribution in [0.1, 0.15) is 22.2 Å². The molecule has 3 aromatic rings. The summed E-state index contributed by atoms with van der Waals surface area (Å²) in [7, 11) is 3.13. The lowest BCUT2D eigenvalue weighted by molar-refractivity contribution is -0.0246. The van der Waals surface area contributed by atoms with Gasteiger partial charge >= 0.3 is 0 Å². The number of hydrogen-bond acceptors (Lipinski definition) is 5. The lowest BCUT2D eigenvalue weighted by Crippen LogP contribution is -2.42. The van der Waals surface area contributed by atoms with E-state index in [0.29, 0.717) is 36.8 Å². The molecular weight excluding hydrogens is 356 g/mol. The van der Waals surface area contributed by atoms with Gasteiger partial charge in [-0.1, -0.05) is 24.3 Å². The lowest BCUT2D eigenvalue weighted by Gasteiger charge is -2.33. The van der Waals surface area contributed by atoms with Crippen molar-refractivity contribution in [2.24, 2.45) is 0 Å². The summed E-state index contributed by atoms with van der Waals surface area (Å²) in [5, 5.41) is 2.19. The Labute approximate surface area is 163 Å². The lowest BCUT2D eigenvalue weighted by atomic mass is 10.1. The van der Waals surface area contributed by atoms with E-state index in [1.54, 1.807) is 37.3 Å². The predicted octanol–water partition coefficient (Wildman–Crippen LogP) is 3.47. The summed E-state index contributed by atoms with van der Waals surface area (Å²) < 4.78 is 16.5. The molecular formula is C22H22N2O4. The molecule has 1 aromatic heterocycles. The van der Waals surface area contributed by atoms with Crippen molar-refractivity contribution < 1.29 is 19.0 Å². The van der Waals surface area contributed by atoms with Gasteiger partial charge in [0.25, 0.3) is 5.91 Å². The van der Waals surface area contributed by atoms with Crippen LogP contribution < -0.4 is 9.47 Å². The molecule has 0 spiro atoms. The molecule has 0 unspecified atom stereocenters. The molecule has 1 amide bonds. The normalized spacial score (nSPS) is 16.8. The van der Waals surface area contributed by atoms with Gasteiger partial charge in [0.1, 0.15) is 6.10 Å². The molecule has 1 aliphatic heterocycles. The zero-order valence-corrected chi connectivity index (χ0v) is 15.9. The number of aromatic nitrogens is 1. The number of carbonyl (C=O) groups is 1. The van der Waals surface area contributed by atoms with E-state index in [-0.39, 0.29) is 12.0 Å². The minimum atomic E-state index is -0.248. The minimum absolute atomic E-state index is 0.0601. The topological polar surface area (TPSA) is 60.9 Å². The molecule has 4 rings (SSSR count). The highest BCUT2D eigenvalue weighted by molar-refractivity contribution is 5.95. The van der Waals surface area contributed by atoms with Gasteiger partial charge in [0.15, 0.2) is 11.5 Å². The van der Waals surface area contributed by atoms with Crippen molar-refractivity contribution >= 4 is 16.7 Å². The fraction of sp³-hybridized carbons (Fsp3) is 0.273. The Kier molecular flexibility index (Phi) is 5.12. The summed E-state index contributed by atoms with van der Waals surface area (Å²) >= 11 is 0. The van der Waals surface area contributed by atoms with E-state index in [9.17, 15) is 4.79 Å². The quantitative estimate of drug-likeness (QED) is 0.696. The Morgan fingerprint density at radius 2 is 1.86 bits per heavy atom. The second-order valence-electron chi connectivity index (χ2n) is 6.64. The maximum absolute atomic E-state index is 13.0. The number of carbonyl (C=O) groups excluding carboxylic acids is 1. The fourth-order valence-electron chi connectivity index (χ4n) is 3.44. The van der Waals surface area contributed by atoms with Crippen LogP contribution in [-0.2, 0) is 4.74 Å². The number of nitrogens with zero attached hydrogens (tertiary/aromatic N) is 2. The van der Waals surface area contributed by atoms with Crippen molar-refractivity contribution in [3.8, 4) is 11.5 Å². The van der Waals surface area contributed by atoms with E-state index in [0.717, 1.165) is 16.5 Å². The largest absolute Gasteiger partial charge is 0.493 e. The average molecular weight is 378 g/mol. The summed E-state index contributed by atoms with van der Waals surface area (Å²) in [6, 6.07) is 15.3. The van der Waals surface area contributed by atoms with E-state index in [1.165, 1.54) is 0 Å². The van der Waals surface area contributed by atoms with Gasteiger partial charge in [-0.2, -0.15) is 0 Å². The average Bonchev–Trinajstić information content (AvgIpc) is 2.77. The second kappa shape index (κ2) is 7.86. The van der Waals surface area contributed by atoms with Crippen molar-refractivity contribution in [1.82, 2.24) is 9.88 Å². The van der Waals surface area contributed by atoms with Crippen molar-refractivity contribution in [1.29, 1.82) is 0 Å². The number of rotatable bonds is 4. The van der Waals surface area contributed by atoms with Gasteiger partial charge in [0.2, 0.25) is 0 Å². The van der Waals surface area contributed by atoms with Crippen molar-refractivity contribution in [2.45, 2.75) is 6.10 Å². The number of hydrogen-bond donors (Lipinski definition) is 0. The standard InChI is InChI=1S/C22H22N2O4/c1-26-19-8-7-16(12-20(19)27-2)22(25)24-9-10-28-21(14-24)18-11-15-5-3-4-6-17(15)13-23-18/h3-8,11-13,21H,9-10,14H2,1-2H3/t21-/m0/s1. The van der Waals surface area contributed by atoms with Gasteiger partial charge < -0.3 is 19.1 Å². The third-order valence-electron chi connectivity index (χ3n) is 4.97. The minimum Gasteiger partial charge on any atom is -0.493 e. The SMILES string of the molecule is COc1ccc(C(=O)N2CCO[C@H](c3cc4ccccc4cn3)C2)cc1OC. The van der Waals surface area contributed by atoms with E-state index < -0.39 is 0 Å². The number of fused-ring (bicyclic) bond motifs is 1. The van der Waals surface area contributed by atoms with E-state index in [1.807, 2.05) is 30.5 Å². The van der Waals surface area contributed by atoms with Crippen LogP contribution >= 0.6 is 0 Å². The Morgan fingerprint density at radius 1 is 1.07 bits per heavy atom. The highest BCUT2D eigenvalue weighted by Crippen LogP contribution is 2.29. The van der Waals surface area contributed by atoms with Gasteiger partial charge in [-0.25, -0.2) is 0 Å². The number of benzene rings is 2. The first-order valence-corrected chi connectivity index (χ1v) is 9.17. The number of ether oxygens (including phenoxy) is 3. The molecule has 144 valence electrons. The maximum Gasteiger partial charge on any atom is 0.254 e. The molecule has 0 radical (unpaired) electrons. The summed E-state index contributed by atoms with van der Waals surface area (Å²) in [5.74, 6) is 1.07. The summed E-state index contributed by atoms with van der Waals surface area (Å²) in [6.45, 7) is 1.47. The molecule has 28 heavy (non-hydrogen) atoms. The van der Waals surface area contributed by atoms with Crippen LogP contribution in [0.5, 0.6) is 11.5 Å². The third kappa shape index (κ3) is 3.51. The maximum atomic E-state index is 13.0. The van der Waals surface area contributed by atoms with Gasteiger partial charge in [0.05, 0.1) is 33.1 Å². The summed E-state index contributed by atoms with van der Waals surface area (Å²) in [4.78, 5) is 19.4. The Hall–Kier alpha value is -3.12. The van der Waals surface area contributed by atoms with Gasteiger partial charge in [-0.05, 0) is 29.7 Å². The number of pyridine rings is 1. The van der Waals surface area contributed by atoms with Gasteiger partial charge in [-0.3, -0.25) is 9.78 Å². The van der Waals surface area contributed by atoms with Gasteiger partial charge in [0, 0.05) is 23.7 Å². The van der Waals surface area contributed by atoms with Crippen LogP contribution in [0.25, 0.3) is 10.8 Å². The highest BCUT2D eigenvalue weighted by Gasteiger charge is 2.27. The number of amides is 1.